The molecule has 0 unspecified atom stereocenters. The molecule has 2 aromatic heterocycles. The van der Waals surface area contributed by atoms with Gasteiger partial charge < -0.3 is 9.14 Å². The predicted octanol–water partition coefficient (Wildman–Crippen LogP) is 3.14. The van der Waals surface area contributed by atoms with E-state index >= 15 is 0 Å². The van der Waals surface area contributed by atoms with E-state index < -0.39 is 0 Å². The number of rotatable bonds is 0. The first kappa shape index (κ1) is 7.93. The minimum atomic E-state index is 0.904. The summed E-state index contributed by atoms with van der Waals surface area (Å²) < 4.78 is 7.66. The van der Waals surface area contributed by atoms with Gasteiger partial charge in [-0.1, -0.05) is 12.1 Å². The number of ether oxygens (including phenoxy) is 1. The van der Waals surface area contributed by atoms with Gasteiger partial charge in [-0.15, -0.1) is 0 Å². The minimum Gasteiger partial charge on any atom is -0.443 e. The smallest absolute Gasteiger partial charge is 0.181 e. The highest BCUT2D eigenvalue weighted by Crippen LogP contribution is 2.40. The van der Waals surface area contributed by atoms with Crippen LogP contribution in [0, 0.1) is 0 Å². The fraction of sp³-hybridized carbons (Fsp3) is 0. The van der Waals surface area contributed by atoms with Gasteiger partial charge in [-0.05, 0) is 24.3 Å². The van der Waals surface area contributed by atoms with Crippen LogP contribution in [0.5, 0.6) is 5.75 Å². The first-order chi connectivity index (χ1) is 7.95. The highest BCUT2D eigenvalue weighted by molar-refractivity contribution is 6.02. The highest BCUT2D eigenvalue weighted by Gasteiger charge is 2.17. The number of nitrogens with zero attached hydrogens (tertiary/aromatic N) is 2. The maximum atomic E-state index is 5.54. The second-order valence-electron chi connectivity index (χ2n) is 3.81. The van der Waals surface area contributed by atoms with E-state index in [1.54, 1.807) is 0 Å². The van der Waals surface area contributed by atoms with Crippen molar-refractivity contribution in [2.75, 3.05) is 0 Å². The van der Waals surface area contributed by atoms with E-state index in [1.165, 1.54) is 6.40 Å². The number of pyridine rings is 1. The maximum Gasteiger partial charge on any atom is 0.181 e. The molecule has 0 saturated heterocycles. The summed E-state index contributed by atoms with van der Waals surface area (Å²) in [5.74, 6) is 0.904. The van der Waals surface area contributed by atoms with Gasteiger partial charge in [0.25, 0.3) is 0 Å². The average Bonchev–Trinajstić information content (AvgIpc) is 2.68. The topological polar surface area (TPSA) is 26.0 Å². The molecule has 1 aliphatic heterocycles. The third kappa shape index (κ3) is 0.810. The standard InChI is InChI=1S/C13H8N2O/c1-2-6-11-9(4-1)13-12-10(14-8-16-13)5-3-7-15(11)12/h1-8H. The van der Waals surface area contributed by atoms with Gasteiger partial charge in [0.1, 0.15) is 5.52 Å². The number of aromatic nitrogens is 1. The highest BCUT2D eigenvalue weighted by atomic mass is 16.5. The van der Waals surface area contributed by atoms with E-state index in [4.69, 9.17) is 4.74 Å². The van der Waals surface area contributed by atoms with E-state index in [9.17, 15) is 0 Å². The van der Waals surface area contributed by atoms with Gasteiger partial charge in [0.05, 0.1) is 11.2 Å². The fourth-order valence-electron chi connectivity index (χ4n) is 2.29. The molecule has 3 aromatic rings. The Balaban J connectivity index is 2.39. The van der Waals surface area contributed by atoms with E-state index in [0.29, 0.717) is 0 Å². The Labute approximate surface area is 91.6 Å². The van der Waals surface area contributed by atoms with Crippen LogP contribution in [-0.2, 0) is 0 Å². The fourth-order valence-corrected chi connectivity index (χ4v) is 2.29. The molecule has 3 heteroatoms. The normalized spacial score (nSPS) is 13.2. The van der Waals surface area contributed by atoms with Crippen molar-refractivity contribution in [1.29, 1.82) is 0 Å². The lowest BCUT2D eigenvalue weighted by atomic mass is 10.2. The van der Waals surface area contributed by atoms with Gasteiger partial charge in [-0.3, -0.25) is 0 Å². The monoisotopic (exact) mass is 208 g/mol. The molecule has 76 valence electrons. The van der Waals surface area contributed by atoms with Crippen LogP contribution in [-0.4, -0.2) is 10.8 Å². The number of benzene rings is 1. The maximum absolute atomic E-state index is 5.54. The van der Waals surface area contributed by atoms with Crippen molar-refractivity contribution in [3.8, 4) is 5.75 Å². The Kier molecular flexibility index (Phi) is 1.31. The third-order valence-electron chi connectivity index (χ3n) is 2.96. The van der Waals surface area contributed by atoms with E-state index in [2.05, 4.69) is 21.5 Å². The Morgan fingerprint density at radius 2 is 2.00 bits per heavy atom. The van der Waals surface area contributed by atoms with Gasteiger partial charge in [0.15, 0.2) is 12.2 Å². The molecule has 0 N–H and O–H groups in total. The molecule has 0 atom stereocenters. The molecule has 1 aliphatic rings. The SMILES string of the molecule is C1=Nc2cccn3c2c(c2ccccc23)O1. The van der Waals surface area contributed by atoms with Crippen molar-refractivity contribution >= 4 is 28.5 Å². The van der Waals surface area contributed by atoms with Crippen molar-refractivity contribution in [3.63, 3.8) is 0 Å². The summed E-state index contributed by atoms with van der Waals surface area (Å²) in [5, 5.41) is 1.13. The Bertz CT molecular complexity index is 740. The van der Waals surface area contributed by atoms with Crippen LogP contribution >= 0.6 is 0 Å². The third-order valence-corrected chi connectivity index (χ3v) is 2.96. The summed E-state index contributed by atoms with van der Waals surface area (Å²) >= 11 is 0. The molecule has 16 heavy (non-hydrogen) atoms. The summed E-state index contributed by atoms with van der Waals surface area (Å²) in [6, 6.07) is 12.2. The lowest BCUT2D eigenvalue weighted by Crippen LogP contribution is -1.94. The van der Waals surface area contributed by atoms with Crippen LogP contribution in [0.1, 0.15) is 0 Å². The summed E-state index contributed by atoms with van der Waals surface area (Å²) in [5.41, 5.74) is 3.16. The minimum absolute atomic E-state index is 0.904. The Hall–Kier alpha value is -2.29. The van der Waals surface area contributed by atoms with Gasteiger partial charge in [0.2, 0.25) is 0 Å². The average molecular weight is 208 g/mol. The predicted molar refractivity (Wildman–Crippen MR) is 63.7 cm³/mol. The second-order valence-corrected chi connectivity index (χ2v) is 3.81. The van der Waals surface area contributed by atoms with Crippen LogP contribution in [0.3, 0.4) is 0 Å². The van der Waals surface area contributed by atoms with Crippen LogP contribution in [0.4, 0.5) is 5.69 Å². The molecule has 3 heterocycles. The Morgan fingerprint density at radius 3 is 3.00 bits per heavy atom. The number of hydrogen-bond donors (Lipinski definition) is 0. The van der Waals surface area contributed by atoms with Crippen molar-refractivity contribution in [2.45, 2.75) is 0 Å². The summed E-state index contributed by atoms with van der Waals surface area (Å²) in [6.45, 7) is 0. The van der Waals surface area contributed by atoms with Crippen LogP contribution < -0.4 is 4.74 Å². The molecule has 0 amide bonds. The number of hydrogen-bond acceptors (Lipinski definition) is 2. The largest absolute Gasteiger partial charge is 0.443 e. The van der Waals surface area contributed by atoms with Gasteiger partial charge in [-0.2, -0.15) is 0 Å². The first-order valence-electron chi connectivity index (χ1n) is 5.16. The molecular formula is C13H8N2O. The van der Waals surface area contributed by atoms with E-state index in [0.717, 1.165) is 27.9 Å². The lowest BCUT2D eigenvalue weighted by Gasteiger charge is -2.06. The molecule has 3 nitrogen and oxygen atoms in total. The van der Waals surface area contributed by atoms with Crippen molar-refractivity contribution < 1.29 is 4.74 Å². The number of fused-ring (bicyclic) bond motifs is 3. The van der Waals surface area contributed by atoms with Crippen molar-refractivity contribution in [2.24, 2.45) is 4.99 Å². The molecule has 0 bridgehead atoms. The summed E-state index contributed by atoms with van der Waals surface area (Å²) in [6.07, 6.45) is 3.54. The van der Waals surface area contributed by atoms with Crippen LogP contribution in [0.2, 0.25) is 0 Å². The zero-order chi connectivity index (χ0) is 10.5. The lowest BCUT2D eigenvalue weighted by molar-refractivity contribution is 0.583. The summed E-state index contributed by atoms with van der Waals surface area (Å²) in [4.78, 5) is 4.24. The Morgan fingerprint density at radius 1 is 1.06 bits per heavy atom. The van der Waals surface area contributed by atoms with Gasteiger partial charge >= 0.3 is 0 Å². The van der Waals surface area contributed by atoms with Crippen molar-refractivity contribution in [1.82, 2.24) is 4.40 Å². The summed E-state index contributed by atoms with van der Waals surface area (Å²) in [7, 11) is 0. The quantitative estimate of drug-likeness (QED) is 0.557. The number of aliphatic imine (C=N–C) groups is 1. The van der Waals surface area contributed by atoms with Gasteiger partial charge in [0, 0.05) is 11.6 Å². The molecular weight excluding hydrogens is 200 g/mol. The zero-order valence-electron chi connectivity index (χ0n) is 8.42. The molecule has 0 aliphatic carbocycles. The van der Waals surface area contributed by atoms with Gasteiger partial charge in [-0.25, -0.2) is 4.99 Å². The van der Waals surface area contributed by atoms with Crippen LogP contribution in [0.25, 0.3) is 16.4 Å². The number of para-hydroxylation sites is 1. The molecule has 0 fully saturated rings. The molecule has 0 spiro atoms. The van der Waals surface area contributed by atoms with E-state index in [1.807, 2.05) is 30.5 Å². The second kappa shape index (κ2) is 2.64. The first-order valence-corrected chi connectivity index (χ1v) is 5.16. The van der Waals surface area contributed by atoms with Crippen molar-refractivity contribution in [3.05, 3.63) is 42.6 Å². The zero-order valence-corrected chi connectivity index (χ0v) is 8.42. The molecule has 0 radical (unpaired) electrons. The molecule has 4 rings (SSSR count). The molecule has 0 saturated carbocycles. The van der Waals surface area contributed by atoms with E-state index in [-0.39, 0.29) is 0 Å². The molecule has 1 aromatic carbocycles. The van der Waals surface area contributed by atoms with Crippen LogP contribution in [0.15, 0.2) is 47.6 Å².